The molecule has 0 radical (unpaired) electrons. The Morgan fingerprint density at radius 1 is 1.28 bits per heavy atom. The van der Waals surface area contributed by atoms with Gasteiger partial charge < -0.3 is 20.7 Å². The first-order valence-corrected chi connectivity index (χ1v) is 8.54. The van der Waals surface area contributed by atoms with Crippen molar-refractivity contribution in [2.45, 2.75) is 38.4 Å². The zero-order chi connectivity index (χ0) is 17.6. The van der Waals surface area contributed by atoms with E-state index in [0.717, 1.165) is 36.2 Å². The molecule has 6 nitrogen and oxygen atoms in total. The van der Waals surface area contributed by atoms with Crippen molar-refractivity contribution in [2.75, 3.05) is 12.4 Å². The molecule has 3 rings (SSSR count). The van der Waals surface area contributed by atoms with Gasteiger partial charge in [-0.3, -0.25) is 0 Å². The number of hydrogen-bond acceptors (Lipinski definition) is 4. The Hall–Kier alpha value is -2.60. The summed E-state index contributed by atoms with van der Waals surface area (Å²) < 4.78 is 5.14. The molecule has 25 heavy (non-hydrogen) atoms. The molecule has 0 bridgehead atoms. The Morgan fingerprint density at radius 2 is 2.04 bits per heavy atom. The molecule has 1 fully saturated rings. The highest BCUT2D eigenvalue weighted by Gasteiger charge is 2.23. The van der Waals surface area contributed by atoms with Crippen LogP contribution in [0.1, 0.15) is 36.9 Å². The summed E-state index contributed by atoms with van der Waals surface area (Å²) in [4.78, 5) is 15.9. The predicted molar refractivity (Wildman–Crippen MR) is 97.7 cm³/mol. The van der Waals surface area contributed by atoms with Gasteiger partial charge in [0.05, 0.1) is 7.11 Å². The molecule has 6 heteroatoms. The summed E-state index contributed by atoms with van der Waals surface area (Å²) in [5.41, 5.74) is 3.08. The number of hydrogen-bond donors (Lipinski definition) is 3. The lowest BCUT2D eigenvalue weighted by Crippen LogP contribution is -2.30. The first-order chi connectivity index (χ1) is 12.1. The summed E-state index contributed by atoms with van der Waals surface area (Å²) in [6.07, 6.45) is 3.91. The summed E-state index contributed by atoms with van der Waals surface area (Å²) in [6, 6.07) is 12.2. The van der Waals surface area contributed by atoms with Crippen LogP contribution < -0.4 is 20.7 Å². The maximum absolute atomic E-state index is 11.7. The van der Waals surface area contributed by atoms with Gasteiger partial charge in [0.1, 0.15) is 0 Å². The van der Waals surface area contributed by atoms with Crippen LogP contribution in [0.5, 0.6) is 5.88 Å². The largest absolute Gasteiger partial charge is 0.481 e. The van der Waals surface area contributed by atoms with Crippen molar-refractivity contribution < 1.29 is 9.53 Å². The van der Waals surface area contributed by atoms with Crippen LogP contribution in [0.25, 0.3) is 0 Å². The van der Waals surface area contributed by atoms with Gasteiger partial charge in [-0.25, -0.2) is 9.78 Å². The highest BCUT2D eigenvalue weighted by Crippen LogP contribution is 2.20. The molecule has 1 heterocycles. The van der Waals surface area contributed by atoms with Crippen LogP contribution in [0.2, 0.25) is 0 Å². The quantitative estimate of drug-likeness (QED) is 0.723. The third-order valence-electron chi connectivity index (χ3n) is 4.20. The van der Waals surface area contributed by atoms with Gasteiger partial charge in [0, 0.05) is 36.6 Å². The lowest BCUT2D eigenvalue weighted by atomic mass is 10.1. The Bertz CT molecular complexity index is 714. The Kier molecular flexibility index (Phi) is 5.50. The van der Waals surface area contributed by atoms with Crippen LogP contribution >= 0.6 is 0 Å². The van der Waals surface area contributed by atoms with Crippen molar-refractivity contribution in [3.05, 3.63) is 53.7 Å². The van der Waals surface area contributed by atoms with Gasteiger partial charge in [0.2, 0.25) is 5.88 Å². The number of anilines is 1. The minimum absolute atomic E-state index is 0.131. The van der Waals surface area contributed by atoms with E-state index < -0.39 is 0 Å². The monoisotopic (exact) mass is 340 g/mol. The maximum Gasteiger partial charge on any atom is 0.319 e. The number of carbonyl (C=O) groups is 1. The second kappa shape index (κ2) is 7.98. The van der Waals surface area contributed by atoms with E-state index in [4.69, 9.17) is 4.74 Å². The van der Waals surface area contributed by atoms with E-state index in [-0.39, 0.29) is 12.1 Å². The maximum atomic E-state index is 11.7. The number of benzene rings is 1. The van der Waals surface area contributed by atoms with Crippen LogP contribution in [-0.4, -0.2) is 24.2 Å². The van der Waals surface area contributed by atoms with E-state index in [1.54, 1.807) is 13.3 Å². The minimum Gasteiger partial charge on any atom is -0.481 e. The molecule has 2 amide bonds. The van der Waals surface area contributed by atoms with Crippen molar-refractivity contribution in [1.82, 2.24) is 15.6 Å². The average Bonchev–Trinajstić information content (AvgIpc) is 3.44. The number of carbonyl (C=O) groups excluding carboxylic acids is 1. The number of ether oxygens (including phenoxy) is 1. The molecule has 1 aliphatic rings. The molecule has 1 saturated carbocycles. The summed E-state index contributed by atoms with van der Waals surface area (Å²) in [7, 11) is 1.61. The average molecular weight is 340 g/mol. The summed E-state index contributed by atoms with van der Waals surface area (Å²) >= 11 is 0. The Balaban J connectivity index is 1.51. The fraction of sp³-hybridized carbons (Fsp3) is 0.368. The fourth-order valence-electron chi connectivity index (χ4n) is 2.50. The van der Waals surface area contributed by atoms with Crippen LogP contribution in [-0.2, 0) is 6.54 Å². The van der Waals surface area contributed by atoms with Crippen molar-refractivity contribution in [2.24, 2.45) is 0 Å². The standard InChI is InChI=1S/C19H24N4O2/c1-13(21-12-14-9-10-20-18(11-14)25-2)15-3-5-16(6-4-15)22-19(24)23-17-7-8-17/h3-6,9-11,13,17,21H,7-8,12H2,1-2H3,(H2,22,23,24)/t13-/m1/s1. The Morgan fingerprint density at radius 3 is 2.72 bits per heavy atom. The van der Waals surface area contributed by atoms with Crippen LogP contribution in [0.15, 0.2) is 42.6 Å². The van der Waals surface area contributed by atoms with Crippen molar-refractivity contribution in [1.29, 1.82) is 0 Å². The van der Waals surface area contributed by atoms with Crippen molar-refractivity contribution >= 4 is 11.7 Å². The van der Waals surface area contributed by atoms with Gasteiger partial charge in [0.15, 0.2) is 0 Å². The molecule has 0 aliphatic heterocycles. The zero-order valence-electron chi connectivity index (χ0n) is 14.6. The van der Waals surface area contributed by atoms with Crippen LogP contribution in [0, 0.1) is 0 Å². The molecule has 1 aromatic heterocycles. The number of aromatic nitrogens is 1. The molecule has 0 saturated heterocycles. The SMILES string of the molecule is COc1cc(CN[C@H](C)c2ccc(NC(=O)NC3CC3)cc2)ccn1. The molecule has 132 valence electrons. The molecule has 1 aliphatic carbocycles. The molecule has 0 spiro atoms. The van der Waals surface area contributed by atoms with Gasteiger partial charge in [0.25, 0.3) is 0 Å². The third-order valence-corrected chi connectivity index (χ3v) is 4.20. The normalized spacial score (nSPS) is 14.6. The number of urea groups is 1. The van der Waals surface area contributed by atoms with Crippen LogP contribution in [0.3, 0.4) is 0 Å². The first kappa shape index (κ1) is 17.2. The number of pyridine rings is 1. The van der Waals surface area contributed by atoms with Crippen molar-refractivity contribution in [3.63, 3.8) is 0 Å². The van der Waals surface area contributed by atoms with E-state index in [0.29, 0.717) is 11.9 Å². The van der Waals surface area contributed by atoms with Gasteiger partial charge in [-0.05, 0) is 49.1 Å². The number of nitrogens with zero attached hydrogens (tertiary/aromatic N) is 1. The van der Waals surface area contributed by atoms with Gasteiger partial charge >= 0.3 is 6.03 Å². The van der Waals surface area contributed by atoms with Gasteiger partial charge in [-0.1, -0.05) is 12.1 Å². The highest BCUT2D eigenvalue weighted by molar-refractivity contribution is 5.89. The molecule has 3 N–H and O–H groups in total. The van der Waals surface area contributed by atoms with Crippen molar-refractivity contribution in [3.8, 4) is 5.88 Å². The molecular formula is C19H24N4O2. The lowest BCUT2D eigenvalue weighted by Gasteiger charge is -2.15. The second-order valence-corrected chi connectivity index (χ2v) is 6.30. The smallest absolute Gasteiger partial charge is 0.319 e. The van der Waals surface area contributed by atoms with E-state index >= 15 is 0 Å². The molecule has 2 aromatic rings. The topological polar surface area (TPSA) is 75.3 Å². The van der Waals surface area contributed by atoms with E-state index in [1.807, 2.05) is 36.4 Å². The number of amides is 2. The van der Waals surface area contributed by atoms with E-state index in [2.05, 4.69) is 27.9 Å². The molecule has 1 aromatic carbocycles. The summed E-state index contributed by atoms with van der Waals surface area (Å²) in [6.45, 7) is 2.84. The summed E-state index contributed by atoms with van der Waals surface area (Å²) in [5, 5.41) is 9.25. The second-order valence-electron chi connectivity index (χ2n) is 6.30. The van der Waals surface area contributed by atoms with Gasteiger partial charge in [-0.2, -0.15) is 0 Å². The van der Waals surface area contributed by atoms with E-state index in [1.165, 1.54) is 0 Å². The molecule has 0 unspecified atom stereocenters. The molecular weight excluding hydrogens is 316 g/mol. The van der Waals surface area contributed by atoms with Gasteiger partial charge in [-0.15, -0.1) is 0 Å². The Labute approximate surface area is 148 Å². The third kappa shape index (κ3) is 5.19. The van der Waals surface area contributed by atoms with Crippen LogP contribution in [0.4, 0.5) is 10.5 Å². The lowest BCUT2D eigenvalue weighted by molar-refractivity contribution is 0.251. The fourth-order valence-corrected chi connectivity index (χ4v) is 2.50. The predicted octanol–water partition coefficient (Wildman–Crippen LogP) is 3.22. The number of nitrogens with one attached hydrogen (secondary N) is 3. The minimum atomic E-state index is -0.131. The number of methoxy groups -OCH3 is 1. The zero-order valence-corrected chi connectivity index (χ0v) is 14.6. The highest BCUT2D eigenvalue weighted by atomic mass is 16.5. The number of rotatable bonds is 7. The summed E-state index contributed by atoms with van der Waals surface area (Å²) in [5.74, 6) is 0.617. The first-order valence-electron chi connectivity index (χ1n) is 8.54. The van der Waals surface area contributed by atoms with E-state index in [9.17, 15) is 4.79 Å². The molecule has 1 atom stereocenters.